The van der Waals surface area contributed by atoms with Crippen molar-refractivity contribution in [3.63, 3.8) is 0 Å². The zero-order valence-electron chi connectivity index (χ0n) is 17.8. The van der Waals surface area contributed by atoms with Crippen LogP contribution in [0.1, 0.15) is 27.0 Å². The highest BCUT2D eigenvalue weighted by Crippen LogP contribution is 2.21. The Hall–Kier alpha value is -3.99. The van der Waals surface area contributed by atoms with Crippen LogP contribution in [-0.2, 0) is 0 Å². The second kappa shape index (κ2) is 8.79. The quantitative estimate of drug-likeness (QED) is 0.421. The molecule has 0 unspecified atom stereocenters. The number of hydrogen-bond acceptors (Lipinski definition) is 4. The standard InChI is InChI=1S/C26H24N4O/c1-17-7-10-20(11-8-17)22-15-27-26(28-16-22)30-23-6-4-5-21(14-23)25(31)29-24-12-9-18(2)19(3)13-24/h4-16H,1-3H3,(H,29,31)(H,27,28,30). The van der Waals surface area contributed by atoms with E-state index < -0.39 is 0 Å². The summed E-state index contributed by atoms with van der Waals surface area (Å²) in [7, 11) is 0. The zero-order valence-corrected chi connectivity index (χ0v) is 17.8. The Morgan fingerprint density at radius 1 is 0.742 bits per heavy atom. The minimum Gasteiger partial charge on any atom is -0.324 e. The molecule has 0 fully saturated rings. The maximum Gasteiger partial charge on any atom is 0.255 e. The molecule has 31 heavy (non-hydrogen) atoms. The van der Waals surface area contributed by atoms with Crippen LogP contribution in [0.25, 0.3) is 11.1 Å². The van der Waals surface area contributed by atoms with Gasteiger partial charge in [-0.15, -0.1) is 0 Å². The van der Waals surface area contributed by atoms with Gasteiger partial charge >= 0.3 is 0 Å². The lowest BCUT2D eigenvalue weighted by Crippen LogP contribution is -2.12. The molecule has 1 heterocycles. The molecular formula is C26H24N4O. The number of nitrogens with one attached hydrogen (secondary N) is 2. The molecule has 0 atom stereocenters. The highest BCUT2D eigenvalue weighted by molar-refractivity contribution is 6.04. The van der Waals surface area contributed by atoms with Gasteiger partial charge in [-0.05, 0) is 67.8 Å². The Morgan fingerprint density at radius 3 is 2.19 bits per heavy atom. The number of anilines is 3. The monoisotopic (exact) mass is 408 g/mol. The van der Waals surface area contributed by atoms with E-state index in [1.807, 2.05) is 44.2 Å². The van der Waals surface area contributed by atoms with E-state index in [1.165, 1.54) is 11.1 Å². The molecule has 1 amide bonds. The van der Waals surface area contributed by atoms with Gasteiger partial charge in [-0.2, -0.15) is 0 Å². The van der Waals surface area contributed by atoms with Gasteiger partial charge in [-0.3, -0.25) is 4.79 Å². The summed E-state index contributed by atoms with van der Waals surface area (Å²) < 4.78 is 0. The third-order valence-corrected chi connectivity index (χ3v) is 5.18. The lowest BCUT2D eigenvalue weighted by atomic mass is 10.1. The molecular weight excluding hydrogens is 384 g/mol. The van der Waals surface area contributed by atoms with Crippen LogP contribution in [0.4, 0.5) is 17.3 Å². The number of benzene rings is 3. The van der Waals surface area contributed by atoms with Crippen LogP contribution in [0.15, 0.2) is 79.1 Å². The maximum atomic E-state index is 12.7. The second-order valence-electron chi connectivity index (χ2n) is 7.62. The molecule has 4 rings (SSSR count). The van der Waals surface area contributed by atoms with Crippen molar-refractivity contribution in [2.24, 2.45) is 0 Å². The number of amides is 1. The van der Waals surface area contributed by atoms with Crippen LogP contribution in [-0.4, -0.2) is 15.9 Å². The molecule has 2 N–H and O–H groups in total. The molecule has 154 valence electrons. The number of carbonyl (C=O) groups is 1. The van der Waals surface area contributed by atoms with Gasteiger partial charge in [0.2, 0.25) is 5.95 Å². The van der Waals surface area contributed by atoms with Crippen molar-refractivity contribution in [3.8, 4) is 11.1 Å². The number of aryl methyl sites for hydroxylation is 3. The Morgan fingerprint density at radius 2 is 1.48 bits per heavy atom. The van der Waals surface area contributed by atoms with Crippen LogP contribution >= 0.6 is 0 Å². The highest BCUT2D eigenvalue weighted by atomic mass is 16.1. The third-order valence-electron chi connectivity index (χ3n) is 5.18. The first-order chi connectivity index (χ1) is 15.0. The van der Waals surface area contributed by atoms with E-state index in [9.17, 15) is 4.79 Å². The van der Waals surface area contributed by atoms with Gasteiger partial charge < -0.3 is 10.6 Å². The van der Waals surface area contributed by atoms with Crippen LogP contribution in [0.5, 0.6) is 0 Å². The second-order valence-corrected chi connectivity index (χ2v) is 7.62. The first-order valence-electron chi connectivity index (χ1n) is 10.1. The molecule has 3 aromatic carbocycles. The number of aromatic nitrogens is 2. The van der Waals surface area contributed by atoms with E-state index in [2.05, 4.69) is 51.8 Å². The minimum atomic E-state index is -0.164. The topological polar surface area (TPSA) is 66.9 Å². The number of hydrogen-bond donors (Lipinski definition) is 2. The summed E-state index contributed by atoms with van der Waals surface area (Å²) in [5.74, 6) is 0.310. The van der Waals surface area contributed by atoms with Gasteiger partial charge in [-0.1, -0.05) is 42.0 Å². The Balaban J connectivity index is 1.46. The van der Waals surface area contributed by atoms with Gasteiger partial charge in [-0.25, -0.2) is 9.97 Å². The first-order valence-corrected chi connectivity index (χ1v) is 10.1. The Labute approximate surface area is 182 Å². The summed E-state index contributed by atoms with van der Waals surface area (Å²) in [6, 6.07) is 21.4. The lowest BCUT2D eigenvalue weighted by Gasteiger charge is -2.10. The molecule has 0 aliphatic heterocycles. The van der Waals surface area contributed by atoms with Crippen molar-refractivity contribution >= 4 is 23.2 Å². The van der Waals surface area contributed by atoms with E-state index in [4.69, 9.17) is 0 Å². The third kappa shape index (κ3) is 4.95. The molecule has 5 heteroatoms. The molecule has 0 radical (unpaired) electrons. The smallest absolute Gasteiger partial charge is 0.255 e. The number of rotatable bonds is 5. The van der Waals surface area contributed by atoms with Gasteiger partial charge in [0.1, 0.15) is 0 Å². The Kier molecular flexibility index (Phi) is 5.76. The van der Waals surface area contributed by atoms with E-state index in [0.717, 1.165) is 28.1 Å². The van der Waals surface area contributed by atoms with Gasteiger partial charge in [0.15, 0.2) is 0 Å². The molecule has 5 nitrogen and oxygen atoms in total. The van der Waals surface area contributed by atoms with Crippen molar-refractivity contribution in [1.29, 1.82) is 0 Å². The summed E-state index contributed by atoms with van der Waals surface area (Å²) in [6.07, 6.45) is 3.58. The molecule has 0 aliphatic carbocycles. The average molecular weight is 409 g/mol. The van der Waals surface area contributed by atoms with Crippen LogP contribution in [0, 0.1) is 20.8 Å². The summed E-state index contributed by atoms with van der Waals surface area (Å²) in [5, 5.41) is 6.11. The predicted molar refractivity (Wildman–Crippen MR) is 126 cm³/mol. The first kappa shape index (κ1) is 20.3. The normalized spacial score (nSPS) is 10.5. The summed E-state index contributed by atoms with van der Waals surface area (Å²) in [6.45, 7) is 6.13. The van der Waals surface area contributed by atoms with Crippen molar-refractivity contribution in [1.82, 2.24) is 9.97 Å². The SMILES string of the molecule is Cc1ccc(-c2cnc(Nc3cccc(C(=O)Nc4ccc(C)c(C)c4)c3)nc2)cc1. The van der Waals surface area contributed by atoms with Gasteiger partial charge in [0, 0.05) is 34.9 Å². The van der Waals surface area contributed by atoms with Crippen molar-refractivity contribution < 1.29 is 4.79 Å². The molecule has 0 saturated carbocycles. The van der Waals surface area contributed by atoms with Crippen molar-refractivity contribution in [3.05, 3.63) is 101 Å². The molecule has 0 spiro atoms. The fourth-order valence-electron chi connectivity index (χ4n) is 3.18. The largest absolute Gasteiger partial charge is 0.324 e. The number of carbonyl (C=O) groups excluding carboxylic acids is 1. The average Bonchev–Trinajstić information content (AvgIpc) is 2.78. The fourth-order valence-corrected chi connectivity index (χ4v) is 3.18. The van der Waals surface area contributed by atoms with Crippen LogP contribution in [0.2, 0.25) is 0 Å². The van der Waals surface area contributed by atoms with Gasteiger partial charge in [0.05, 0.1) is 0 Å². The minimum absolute atomic E-state index is 0.164. The fraction of sp³-hybridized carbons (Fsp3) is 0.115. The maximum absolute atomic E-state index is 12.7. The Bertz CT molecular complexity index is 1220. The highest BCUT2D eigenvalue weighted by Gasteiger charge is 2.08. The van der Waals surface area contributed by atoms with Gasteiger partial charge in [0.25, 0.3) is 5.91 Å². The summed E-state index contributed by atoms with van der Waals surface area (Å²) >= 11 is 0. The van der Waals surface area contributed by atoms with Crippen LogP contribution < -0.4 is 10.6 Å². The molecule has 4 aromatic rings. The lowest BCUT2D eigenvalue weighted by molar-refractivity contribution is 0.102. The molecule has 1 aromatic heterocycles. The molecule has 0 bridgehead atoms. The van der Waals surface area contributed by atoms with E-state index in [0.29, 0.717) is 11.5 Å². The van der Waals surface area contributed by atoms with E-state index in [1.54, 1.807) is 24.5 Å². The van der Waals surface area contributed by atoms with E-state index in [-0.39, 0.29) is 5.91 Å². The molecule has 0 aliphatic rings. The summed E-state index contributed by atoms with van der Waals surface area (Å²) in [4.78, 5) is 21.5. The zero-order chi connectivity index (χ0) is 21.8. The van der Waals surface area contributed by atoms with E-state index >= 15 is 0 Å². The number of nitrogens with zero attached hydrogens (tertiary/aromatic N) is 2. The van der Waals surface area contributed by atoms with Crippen molar-refractivity contribution in [2.45, 2.75) is 20.8 Å². The van der Waals surface area contributed by atoms with Crippen molar-refractivity contribution in [2.75, 3.05) is 10.6 Å². The molecule has 0 saturated heterocycles. The van der Waals surface area contributed by atoms with Crippen LogP contribution in [0.3, 0.4) is 0 Å². The summed E-state index contributed by atoms with van der Waals surface area (Å²) in [5.41, 5.74) is 7.65. The predicted octanol–water partition coefficient (Wildman–Crippen LogP) is 6.06.